The Labute approximate surface area is 161 Å². The van der Waals surface area contributed by atoms with E-state index in [1.807, 2.05) is 24.3 Å². The van der Waals surface area contributed by atoms with Crippen molar-refractivity contribution in [2.24, 2.45) is 5.92 Å². The van der Waals surface area contributed by atoms with Crippen molar-refractivity contribution >= 4 is 6.09 Å². The minimum Gasteiger partial charge on any atom is -0.449 e. The van der Waals surface area contributed by atoms with Gasteiger partial charge in [0, 0.05) is 5.92 Å². The summed E-state index contributed by atoms with van der Waals surface area (Å²) >= 11 is 0. The first-order valence-electron chi connectivity index (χ1n) is 9.84. The van der Waals surface area contributed by atoms with E-state index < -0.39 is 6.09 Å². The van der Waals surface area contributed by atoms with Gasteiger partial charge < -0.3 is 10.1 Å². The molecular formula is C24H25NO2. The van der Waals surface area contributed by atoms with Crippen molar-refractivity contribution in [2.45, 2.75) is 44.1 Å². The Kier molecular flexibility index (Phi) is 5.16. The molecular weight excluding hydrogens is 334 g/mol. The lowest BCUT2D eigenvalue weighted by Gasteiger charge is -2.18. The van der Waals surface area contributed by atoms with Gasteiger partial charge >= 0.3 is 6.09 Å². The van der Waals surface area contributed by atoms with Crippen molar-refractivity contribution in [3.05, 3.63) is 59.7 Å². The van der Waals surface area contributed by atoms with Crippen LogP contribution in [0.5, 0.6) is 0 Å². The maximum Gasteiger partial charge on any atom is 0.408 e. The van der Waals surface area contributed by atoms with E-state index in [4.69, 9.17) is 11.2 Å². The SMILES string of the molecule is C#CC(CC1CCCC1)NC(=O)OCC1c2ccccc2-c2ccccc21. The van der Waals surface area contributed by atoms with Crippen molar-refractivity contribution in [1.82, 2.24) is 5.32 Å². The fourth-order valence-corrected chi connectivity index (χ4v) is 4.53. The lowest BCUT2D eigenvalue weighted by Crippen LogP contribution is -2.36. The van der Waals surface area contributed by atoms with E-state index in [0.29, 0.717) is 12.5 Å². The topological polar surface area (TPSA) is 38.3 Å². The highest BCUT2D eigenvalue weighted by atomic mass is 16.5. The Bertz CT molecular complexity index is 815. The van der Waals surface area contributed by atoms with Gasteiger partial charge in [0.2, 0.25) is 0 Å². The van der Waals surface area contributed by atoms with E-state index in [1.165, 1.54) is 47.9 Å². The van der Waals surface area contributed by atoms with Crippen LogP contribution in [0.15, 0.2) is 48.5 Å². The maximum absolute atomic E-state index is 12.3. The van der Waals surface area contributed by atoms with Gasteiger partial charge in [-0.15, -0.1) is 6.42 Å². The molecule has 1 unspecified atom stereocenters. The van der Waals surface area contributed by atoms with Gasteiger partial charge in [-0.05, 0) is 34.6 Å². The maximum atomic E-state index is 12.3. The molecule has 2 aromatic rings. The van der Waals surface area contributed by atoms with Crippen LogP contribution in [-0.4, -0.2) is 18.7 Å². The molecule has 138 valence electrons. The van der Waals surface area contributed by atoms with Crippen LogP contribution in [-0.2, 0) is 4.74 Å². The second-order valence-corrected chi connectivity index (χ2v) is 7.58. The molecule has 0 aromatic heterocycles. The van der Waals surface area contributed by atoms with Crippen LogP contribution < -0.4 is 5.32 Å². The molecule has 27 heavy (non-hydrogen) atoms. The number of carbonyl (C=O) groups excluding carboxylic acids is 1. The predicted octanol–water partition coefficient (Wildman–Crippen LogP) is 5.11. The van der Waals surface area contributed by atoms with E-state index in [-0.39, 0.29) is 12.0 Å². The first-order chi connectivity index (χ1) is 13.3. The lowest BCUT2D eigenvalue weighted by molar-refractivity contribution is 0.140. The smallest absolute Gasteiger partial charge is 0.408 e. The number of alkyl carbamates (subject to hydrolysis) is 1. The predicted molar refractivity (Wildman–Crippen MR) is 107 cm³/mol. The number of rotatable bonds is 5. The fraction of sp³-hybridized carbons (Fsp3) is 0.375. The number of terminal acetylenes is 1. The molecule has 0 radical (unpaired) electrons. The minimum absolute atomic E-state index is 0.0715. The zero-order chi connectivity index (χ0) is 18.6. The zero-order valence-electron chi connectivity index (χ0n) is 15.5. The first-order valence-corrected chi connectivity index (χ1v) is 9.84. The van der Waals surface area contributed by atoms with Gasteiger partial charge in [0.05, 0.1) is 6.04 Å². The summed E-state index contributed by atoms with van der Waals surface area (Å²) in [5.74, 6) is 3.40. The minimum atomic E-state index is -0.419. The van der Waals surface area contributed by atoms with Gasteiger partial charge in [-0.1, -0.05) is 80.1 Å². The molecule has 1 N–H and O–H groups in total. The van der Waals surface area contributed by atoms with Crippen LogP contribution in [0.1, 0.15) is 49.1 Å². The van der Waals surface area contributed by atoms with E-state index >= 15 is 0 Å². The second-order valence-electron chi connectivity index (χ2n) is 7.58. The molecule has 1 amide bonds. The molecule has 0 aliphatic heterocycles. The summed E-state index contributed by atoms with van der Waals surface area (Å²) in [6.45, 7) is 0.320. The highest BCUT2D eigenvalue weighted by Crippen LogP contribution is 2.44. The van der Waals surface area contributed by atoms with E-state index in [0.717, 1.165) is 6.42 Å². The van der Waals surface area contributed by atoms with Crippen molar-refractivity contribution in [2.75, 3.05) is 6.61 Å². The monoisotopic (exact) mass is 359 g/mol. The summed E-state index contributed by atoms with van der Waals surface area (Å²) in [6, 6.07) is 16.4. The summed E-state index contributed by atoms with van der Waals surface area (Å²) in [7, 11) is 0. The summed E-state index contributed by atoms with van der Waals surface area (Å²) in [5.41, 5.74) is 4.88. The number of hydrogen-bond donors (Lipinski definition) is 1. The number of amides is 1. The van der Waals surface area contributed by atoms with Crippen LogP contribution in [0.3, 0.4) is 0 Å². The number of ether oxygens (including phenoxy) is 1. The zero-order valence-corrected chi connectivity index (χ0v) is 15.5. The Morgan fingerprint density at radius 2 is 1.67 bits per heavy atom. The second kappa shape index (κ2) is 7.88. The molecule has 1 saturated carbocycles. The van der Waals surface area contributed by atoms with Crippen molar-refractivity contribution < 1.29 is 9.53 Å². The first kappa shape index (κ1) is 17.7. The summed E-state index contributed by atoms with van der Waals surface area (Å²) in [4.78, 5) is 12.3. The average Bonchev–Trinajstić information content (AvgIpc) is 3.32. The summed E-state index contributed by atoms with van der Waals surface area (Å²) < 4.78 is 5.59. The molecule has 4 rings (SSSR count). The van der Waals surface area contributed by atoms with Crippen LogP contribution in [0.25, 0.3) is 11.1 Å². The number of hydrogen-bond acceptors (Lipinski definition) is 2. The molecule has 2 aromatic carbocycles. The Hall–Kier alpha value is -2.73. The van der Waals surface area contributed by atoms with Crippen molar-refractivity contribution in [3.63, 3.8) is 0 Å². The molecule has 0 saturated heterocycles. The molecule has 1 fully saturated rings. The third-order valence-corrected chi connectivity index (χ3v) is 5.88. The average molecular weight is 359 g/mol. The van der Waals surface area contributed by atoms with Gasteiger partial charge in [-0.3, -0.25) is 0 Å². The van der Waals surface area contributed by atoms with Crippen LogP contribution >= 0.6 is 0 Å². The number of nitrogens with one attached hydrogen (secondary N) is 1. The summed E-state index contributed by atoms with van der Waals surface area (Å²) in [6.07, 6.45) is 11.0. The van der Waals surface area contributed by atoms with Gasteiger partial charge in [-0.2, -0.15) is 0 Å². The molecule has 0 spiro atoms. The fourth-order valence-electron chi connectivity index (χ4n) is 4.53. The largest absolute Gasteiger partial charge is 0.449 e. The van der Waals surface area contributed by atoms with Crippen LogP contribution in [0.4, 0.5) is 4.79 Å². The van der Waals surface area contributed by atoms with Crippen LogP contribution in [0.2, 0.25) is 0 Å². The van der Waals surface area contributed by atoms with Crippen LogP contribution in [0, 0.1) is 18.3 Å². The van der Waals surface area contributed by atoms with E-state index in [1.54, 1.807) is 0 Å². The molecule has 3 heteroatoms. The van der Waals surface area contributed by atoms with Gasteiger partial charge in [0.25, 0.3) is 0 Å². The molecule has 3 nitrogen and oxygen atoms in total. The lowest BCUT2D eigenvalue weighted by atomic mass is 9.98. The molecule has 1 atom stereocenters. The standard InChI is InChI=1S/C24H25NO2/c1-2-18(15-17-9-3-4-10-17)25-24(26)27-16-23-21-13-7-5-11-19(21)20-12-6-8-14-22(20)23/h1,5-8,11-14,17-18,23H,3-4,9-10,15-16H2,(H,25,26). The van der Waals surface area contributed by atoms with Gasteiger partial charge in [-0.25, -0.2) is 4.79 Å². The third-order valence-electron chi connectivity index (χ3n) is 5.88. The molecule has 0 bridgehead atoms. The van der Waals surface area contributed by atoms with E-state index in [2.05, 4.69) is 35.5 Å². The Morgan fingerprint density at radius 3 is 2.26 bits per heavy atom. The molecule has 0 heterocycles. The van der Waals surface area contributed by atoms with E-state index in [9.17, 15) is 4.79 Å². The quantitative estimate of drug-likeness (QED) is 0.754. The van der Waals surface area contributed by atoms with Gasteiger partial charge in [0.15, 0.2) is 0 Å². The van der Waals surface area contributed by atoms with Gasteiger partial charge in [0.1, 0.15) is 6.61 Å². The van der Waals surface area contributed by atoms with Crippen molar-refractivity contribution in [3.8, 4) is 23.5 Å². The number of fused-ring (bicyclic) bond motifs is 3. The number of benzene rings is 2. The third kappa shape index (κ3) is 3.71. The highest BCUT2D eigenvalue weighted by molar-refractivity contribution is 5.79. The normalized spacial score (nSPS) is 17.0. The number of carbonyl (C=O) groups is 1. The Balaban J connectivity index is 1.39. The highest BCUT2D eigenvalue weighted by Gasteiger charge is 2.29. The molecule has 2 aliphatic rings. The van der Waals surface area contributed by atoms with Crippen molar-refractivity contribution in [1.29, 1.82) is 0 Å². The summed E-state index contributed by atoms with van der Waals surface area (Å²) in [5, 5.41) is 2.87. The Morgan fingerprint density at radius 1 is 1.07 bits per heavy atom. The molecule has 2 aliphatic carbocycles.